The van der Waals surface area contributed by atoms with E-state index in [1.807, 2.05) is 43.3 Å². The molecule has 0 unspecified atom stereocenters. The number of hydrogen-bond donors (Lipinski definition) is 6. The SMILES string of the molecule is CN(C)c1cc(NCc2ccccc2SC(C)(C)C)c(O)c2c1C[C@H]1C[C@H]3[C@H](N(C)C)C(O)=C(C(N)=O)C(=O)[C@@]3(O)C(O)=C1C2=O. The number of fused-ring (bicyclic) bond motifs is 3. The van der Waals surface area contributed by atoms with Gasteiger partial charge in [0.2, 0.25) is 5.78 Å². The first-order chi connectivity index (χ1) is 21.4. The van der Waals surface area contributed by atoms with Gasteiger partial charge in [0.1, 0.15) is 22.8 Å². The fourth-order valence-corrected chi connectivity index (χ4v) is 8.18. The topological polar surface area (TPSA) is 177 Å². The highest BCUT2D eigenvalue weighted by atomic mass is 32.2. The van der Waals surface area contributed by atoms with Crippen molar-refractivity contribution in [1.82, 2.24) is 4.90 Å². The van der Waals surface area contributed by atoms with Crippen LogP contribution in [0, 0.1) is 11.8 Å². The zero-order chi connectivity index (χ0) is 34.0. The van der Waals surface area contributed by atoms with Crippen molar-refractivity contribution in [2.45, 2.75) is 61.4 Å². The van der Waals surface area contributed by atoms with Gasteiger partial charge in [-0.3, -0.25) is 19.3 Å². The van der Waals surface area contributed by atoms with Gasteiger partial charge in [0, 0.05) is 47.5 Å². The van der Waals surface area contributed by atoms with Crippen LogP contribution in [0.5, 0.6) is 5.75 Å². The molecule has 2 aromatic carbocycles. The predicted molar refractivity (Wildman–Crippen MR) is 177 cm³/mol. The summed E-state index contributed by atoms with van der Waals surface area (Å²) in [7, 11) is 6.86. The molecule has 0 bridgehead atoms. The Labute approximate surface area is 272 Å². The van der Waals surface area contributed by atoms with Gasteiger partial charge >= 0.3 is 0 Å². The second-order valence-electron chi connectivity index (χ2n) is 13.7. The minimum atomic E-state index is -2.69. The van der Waals surface area contributed by atoms with E-state index < -0.39 is 58.0 Å². The Hall–Kier alpha value is -4.00. The van der Waals surface area contributed by atoms with Gasteiger partial charge in [-0.25, -0.2) is 0 Å². The van der Waals surface area contributed by atoms with Crippen LogP contribution in [0.4, 0.5) is 11.4 Å². The number of phenols is 1. The monoisotopic (exact) mass is 650 g/mol. The number of allylic oxidation sites excluding steroid dienone is 1. The van der Waals surface area contributed by atoms with Crippen LogP contribution in [0.2, 0.25) is 0 Å². The van der Waals surface area contributed by atoms with Gasteiger partial charge in [0.05, 0.1) is 17.3 Å². The average molecular weight is 651 g/mol. The number of hydrogen-bond acceptors (Lipinski definition) is 11. The van der Waals surface area contributed by atoms with Crippen LogP contribution in [0.1, 0.15) is 48.7 Å². The van der Waals surface area contributed by atoms with E-state index in [9.17, 15) is 34.8 Å². The second kappa shape index (κ2) is 11.7. The number of aliphatic hydroxyl groups excluding tert-OH is 2. The first-order valence-corrected chi connectivity index (χ1v) is 15.9. The summed E-state index contributed by atoms with van der Waals surface area (Å²) in [6, 6.07) is 8.69. The molecule has 11 nitrogen and oxygen atoms in total. The van der Waals surface area contributed by atoms with E-state index in [1.54, 1.807) is 31.9 Å². The fourth-order valence-electron chi connectivity index (χ4n) is 7.10. The lowest BCUT2D eigenvalue weighted by atomic mass is 9.58. The normalized spacial score (nSPS) is 24.5. The number of Topliss-reactive ketones (excluding diaryl/α,β-unsaturated/α-hetero) is 2. The molecule has 5 rings (SSSR count). The van der Waals surface area contributed by atoms with Crippen LogP contribution in [-0.2, 0) is 22.6 Å². The summed E-state index contributed by atoms with van der Waals surface area (Å²) in [5, 5.41) is 49.4. The number of thioether (sulfide) groups is 1. The summed E-state index contributed by atoms with van der Waals surface area (Å²) in [5.74, 6) is -6.76. The zero-order valence-electron chi connectivity index (χ0n) is 27.1. The van der Waals surface area contributed by atoms with E-state index in [0.717, 1.165) is 10.5 Å². The van der Waals surface area contributed by atoms with Crippen molar-refractivity contribution in [1.29, 1.82) is 0 Å². The van der Waals surface area contributed by atoms with Gasteiger partial charge in [0.25, 0.3) is 5.91 Å². The van der Waals surface area contributed by atoms with E-state index in [0.29, 0.717) is 23.5 Å². The molecular weight excluding hydrogens is 608 g/mol. The molecule has 46 heavy (non-hydrogen) atoms. The number of nitrogens with zero attached hydrogens (tertiary/aromatic N) is 2. The van der Waals surface area contributed by atoms with Crippen LogP contribution in [0.25, 0.3) is 0 Å². The maximum absolute atomic E-state index is 14.3. The van der Waals surface area contributed by atoms with Crippen molar-refractivity contribution in [3.8, 4) is 5.75 Å². The number of aliphatic hydroxyl groups is 3. The number of ketones is 2. The Balaban J connectivity index is 1.61. The van der Waals surface area contributed by atoms with Crippen LogP contribution in [0.15, 0.2) is 57.9 Å². The van der Waals surface area contributed by atoms with Crippen LogP contribution >= 0.6 is 11.8 Å². The molecule has 12 heteroatoms. The van der Waals surface area contributed by atoms with Crippen molar-refractivity contribution in [2.24, 2.45) is 17.6 Å². The van der Waals surface area contributed by atoms with Gasteiger partial charge in [-0.2, -0.15) is 0 Å². The highest BCUT2D eigenvalue weighted by Gasteiger charge is 2.63. The second-order valence-corrected chi connectivity index (χ2v) is 15.5. The van der Waals surface area contributed by atoms with E-state index in [2.05, 4.69) is 26.1 Å². The van der Waals surface area contributed by atoms with E-state index >= 15 is 0 Å². The molecule has 4 atom stereocenters. The number of amides is 1. The highest BCUT2D eigenvalue weighted by Crippen LogP contribution is 2.54. The Bertz CT molecular complexity index is 1710. The molecule has 3 aliphatic carbocycles. The van der Waals surface area contributed by atoms with E-state index in [1.165, 1.54) is 4.90 Å². The van der Waals surface area contributed by atoms with Gasteiger partial charge in [-0.15, -0.1) is 11.8 Å². The first-order valence-electron chi connectivity index (χ1n) is 15.1. The van der Waals surface area contributed by atoms with Gasteiger partial charge in [-0.1, -0.05) is 39.0 Å². The Kier molecular flexibility index (Phi) is 8.46. The van der Waals surface area contributed by atoms with Gasteiger partial charge in [0.15, 0.2) is 11.4 Å². The number of rotatable bonds is 7. The molecule has 7 N–H and O–H groups in total. The third kappa shape index (κ3) is 5.31. The number of anilines is 2. The van der Waals surface area contributed by atoms with Crippen LogP contribution < -0.4 is 16.0 Å². The van der Waals surface area contributed by atoms with Gasteiger partial charge < -0.3 is 36.4 Å². The summed E-state index contributed by atoms with van der Waals surface area (Å²) in [6.07, 6.45) is 0.239. The number of likely N-dealkylation sites (N-methyl/N-ethyl adjacent to an activating group) is 1. The summed E-state index contributed by atoms with van der Waals surface area (Å²) in [6.45, 7) is 6.74. The third-order valence-electron chi connectivity index (χ3n) is 9.04. The molecule has 0 radical (unpaired) electrons. The first kappa shape index (κ1) is 33.4. The van der Waals surface area contributed by atoms with Crippen LogP contribution in [-0.4, -0.2) is 87.4 Å². The number of nitrogens with one attached hydrogen (secondary N) is 1. The number of carbonyl (C=O) groups excluding carboxylic acids is 3. The molecule has 0 heterocycles. The molecule has 1 amide bonds. The minimum absolute atomic E-state index is 0.0249. The molecule has 0 saturated heterocycles. The molecular formula is C34H42N4O7S. The Morgan fingerprint density at radius 1 is 1.11 bits per heavy atom. The number of primary amides is 1. The van der Waals surface area contributed by atoms with E-state index in [-0.39, 0.29) is 34.5 Å². The summed E-state index contributed by atoms with van der Waals surface area (Å²) in [5.41, 5.74) is 4.25. The van der Waals surface area contributed by atoms with E-state index in [4.69, 9.17) is 5.73 Å². The smallest absolute Gasteiger partial charge is 0.255 e. The lowest BCUT2D eigenvalue weighted by Crippen LogP contribution is -2.63. The molecule has 246 valence electrons. The predicted octanol–water partition coefficient (Wildman–Crippen LogP) is 3.69. The molecule has 0 spiro atoms. The summed E-state index contributed by atoms with van der Waals surface area (Å²) < 4.78 is -0.0249. The standard InChI is InChI=1S/C34H42N4O7S/c1-33(2,3)46-22-11-9-8-10-16(22)15-36-20-14-21(37(4)5)18-12-17-13-19-26(38(6)7)29(41)25(32(35)44)31(43)34(19,45)30(42)23(17)28(40)24(18)27(20)39/h8-11,14,17,19,26,36,39,41-42,45H,12-13,15H2,1-7H3,(H2,35,44)/t17-,19-,26-,34-/m0/s1. The number of carbonyl (C=O) groups is 3. The Morgan fingerprint density at radius 2 is 1.76 bits per heavy atom. The molecule has 0 aromatic heterocycles. The molecule has 3 aliphatic rings. The largest absolute Gasteiger partial charge is 0.510 e. The molecule has 2 aromatic rings. The van der Waals surface area contributed by atoms with Crippen molar-refractivity contribution in [2.75, 3.05) is 38.4 Å². The zero-order valence-corrected chi connectivity index (χ0v) is 28.0. The van der Waals surface area contributed by atoms with Crippen molar-refractivity contribution < 1.29 is 34.8 Å². The molecule has 0 aliphatic heterocycles. The van der Waals surface area contributed by atoms with Crippen LogP contribution in [0.3, 0.4) is 0 Å². The quantitative estimate of drug-likeness (QED) is 0.146. The number of aromatic hydroxyl groups is 1. The minimum Gasteiger partial charge on any atom is -0.510 e. The lowest BCUT2D eigenvalue weighted by Gasteiger charge is -2.50. The maximum Gasteiger partial charge on any atom is 0.255 e. The number of nitrogens with two attached hydrogens (primary N) is 1. The van der Waals surface area contributed by atoms with Crippen molar-refractivity contribution in [3.05, 3.63) is 69.7 Å². The number of phenolic OH excluding ortho intramolecular Hbond substituents is 1. The third-order valence-corrected chi connectivity index (χ3v) is 10.3. The average Bonchev–Trinajstić information content (AvgIpc) is 2.94. The van der Waals surface area contributed by atoms with Gasteiger partial charge in [-0.05, 0) is 56.1 Å². The molecule has 0 fully saturated rings. The summed E-state index contributed by atoms with van der Waals surface area (Å²) in [4.78, 5) is 44.6. The summed E-state index contributed by atoms with van der Waals surface area (Å²) >= 11 is 1.72. The van der Waals surface area contributed by atoms with Crippen molar-refractivity contribution >= 4 is 40.6 Å². The highest BCUT2D eigenvalue weighted by molar-refractivity contribution is 8.00. The fraction of sp³-hybridized carbons (Fsp3) is 0.441. The Morgan fingerprint density at radius 3 is 2.35 bits per heavy atom. The number of benzene rings is 2. The molecule has 0 saturated carbocycles. The van der Waals surface area contributed by atoms with Crippen molar-refractivity contribution in [3.63, 3.8) is 0 Å². The maximum atomic E-state index is 14.3. The lowest BCUT2D eigenvalue weighted by molar-refractivity contribution is -0.148.